The van der Waals surface area contributed by atoms with Crippen LogP contribution in [-0.4, -0.2) is 21.8 Å². The summed E-state index contributed by atoms with van der Waals surface area (Å²) in [5.74, 6) is 0.591. The van der Waals surface area contributed by atoms with Gasteiger partial charge in [0.25, 0.3) is 5.91 Å². The average molecular weight is 507 g/mol. The Labute approximate surface area is 213 Å². The van der Waals surface area contributed by atoms with E-state index in [1.165, 1.54) is 12.5 Å². The summed E-state index contributed by atoms with van der Waals surface area (Å²) in [5.41, 5.74) is 4.28. The van der Waals surface area contributed by atoms with Gasteiger partial charge in [0.05, 0.1) is 21.6 Å². The Morgan fingerprint density at radius 3 is 2.34 bits per heavy atom. The standard InChI is InChI=1S/C27H24Cl2N4O2/c28-18-8-12-21(22(29)14-18)27(35)30-19-9-6-16(7-10-19)25-32-23-13-11-20(15-24(23)33-25)31-26(34)17-4-2-1-3-5-17/h6-15,17H,1-5H2,(H,30,35)(H,31,34)(H,32,33). The van der Waals surface area contributed by atoms with Crippen LogP contribution >= 0.6 is 23.2 Å². The number of nitrogens with one attached hydrogen (secondary N) is 3. The molecular formula is C27H24Cl2N4O2. The molecule has 0 aliphatic heterocycles. The first-order valence-corrected chi connectivity index (χ1v) is 12.4. The van der Waals surface area contributed by atoms with Gasteiger partial charge in [0.15, 0.2) is 0 Å². The van der Waals surface area contributed by atoms with Crippen molar-refractivity contribution >= 4 is 57.4 Å². The third-order valence-electron chi connectivity index (χ3n) is 6.32. The van der Waals surface area contributed by atoms with Crippen LogP contribution in [0.15, 0.2) is 60.7 Å². The zero-order chi connectivity index (χ0) is 24.4. The second-order valence-corrected chi connectivity index (χ2v) is 9.64. The maximum absolute atomic E-state index is 12.6. The van der Waals surface area contributed by atoms with Crippen molar-refractivity contribution in [2.75, 3.05) is 10.6 Å². The van der Waals surface area contributed by atoms with Gasteiger partial charge in [-0.25, -0.2) is 4.98 Å². The fourth-order valence-corrected chi connectivity index (χ4v) is 4.91. The minimum atomic E-state index is -0.314. The second kappa shape index (κ2) is 10.1. The van der Waals surface area contributed by atoms with E-state index >= 15 is 0 Å². The van der Waals surface area contributed by atoms with Gasteiger partial charge in [-0.2, -0.15) is 0 Å². The maximum Gasteiger partial charge on any atom is 0.257 e. The molecule has 0 radical (unpaired) electrons. The van der Waals surface area contributed by atoms with Gasteiger partial charge in [-0.1, -0.05) is 42.5 Å². The first-order chi connectivity index (χ1) is 17.0. The van der Waals surface area contributed by atoms with Crippen molar-refractivity contribution in [2.45, 2.75) is 32.1 Å². The summed E-state index contributed by atoms with van der Waals surface area (Å²) in [4.78, 5) is 33.1. The Hall–Kier alpha value is -3.35. The summed E-state index contributed by atoms with van der Waals surface area (Å²) in [6.07, 6.45) is 5.39. The van der Waals surface area contributed by atoms with Crippen molar-refractivity contribution in [3.05, 3.63) is 76.3 Å². The highest BCUT2D eigenvalue weighted by Crippen LogP contribution is 2.28. The minimum Gasteiger partial charge on any atom is -0.338 e. The Morgan fingerprint density at radius 2 is 1.60 bits per heavy atom. The summed E-state index contributed by atoms with van der Waals surface area (Å²) >= 11 is 12.0. The molecule has 1 aliphatic carbocycles. The number of rotatable bonds is 5. The fraction of sp³-hybridized carbons (Fsp3) is 0.222. The molecule has 2 amide bonds. The lowest BCUT2D eigenvalue weighted by Gasteiger charge is -2.20. The van der Waals surface area contributed by atoms with E-state index in [1.54, 1.807) is 24.3 Å². The smallest absolute Gasteiger partial charge is 0.257 e. The number of amides is 2. The van der Waals surface area contributed by atoms with Gasteiger partial charge in [0.2, 0.25) is 5.91 Å². The molecule has 1 fully saturated rings. The minimum absolute atomic E-state index is 0.0984. The first kappa shape index (κ1) is 23.4. The third kappa shape index (κ3) is 5.34. The van der Waals surface area contributed by atoms with Gasteiger partial charge >= 0.3 is 0 Å². The fourth-order valence-electron chi connectivity index (χ4n) is 4.42. The van der Waals surface area contributed by atoms with E-state index < -0.39 is 0 Å². The molecule has 1 saturated carbocycles. The molecule has 35 heavy (non-hydrogen) atoms. The molecule has 0 bridgehead atoms. The molecule has 0 saturated heterocycles. The van der Waals surface area contributed by atoms with Crippen molar-refractivity contribution in [3.8, 4) is 11.4 Å². The summed E-state index contributed by atoms with van der Waals surface area (Å²) in [6, 6.07) is 17.8. The van der Waals surface area contributed by atoms with Gasteiger partial charge in [-0.15, -0.1) is 0 Å². The van der Waals surface area contributed by atoms with E-state index in [9.17, 15) is 9.59 Å². The van der Waals surface area contributed by atoms with Crippen LogP contribution in [0.5, 0.6) is 0 Å². The van der Waals surface area contributed by atoms with E-state index in [-0.39, 0.29) is 17.7 Å². The molecule has 1 heterocycles. The number of carbonyl (C=O) groups excluding carboxylic acids is 2. The lowest BCUT2D eigenvalue weighted by Crippen LogP contribution is -2.24. The van der Waals surface area contributed by atoms with Crippen LogP contribution in [0.1, 0.15) is 42.5 Å². The number of imidazole rings is 1. The van der Waals surface area contributed by atoms with Crippen LogP contribution in [0, 0.1) is 5.92 Å². The number of hydrogen-bond acceptors (Lipinski definition) is 3. The number of halogens is 2. The number of fused-ring (bicyclic) bond motifs is 1. The maximum atomic E-state index is 12.6. The van der Waals surface area contributed by atoms with Gasteiger partial charge < -0.3 is 15.6 Å². The van der Waals surface area contributed by atoms with Gasteiger partial charge in [0, 0.05) is 27.9 Å². The predicted molar refractivity (Wildman–Crippen MR) is 141 cm³/mol. The first-order valence-electron chi connectivity index (χ1n) is 11.6. The van der Waals surface area contributed by atoms with Crippen molar-refractivity contribution in [3.63, 3.8) is 0 Å². The summed E-state index contributed by atoms with van der Waals surface area (Å²) in [7, 11) is 0. The van der Waals surface area contributed by atoms with Crippen LogP contribution in [0.4, 0.5) is 11.4 Å². The number of aromatic amines is 1. The third-order valence-corrected chi connectivity index (χ3v) is 6.87. The highest BCUT2D eigenvalue weighted by molar-refractivity contribution is 6.37. The molecule has 5 rings (SSSR count). The van der Waals surface area contributed by atoms with Gasteiger partial charge in [0.1, 0.15) is 5.82 Å². The number of hydrogen-bond donors (Lipinski definition) is 3. The largest absolute Gasteiger partial charge is 0.338 e. The molecule has 3 aromatic carbocycles. The van der Waals surface area contributed by atoms with Crippen molar-refractivity contribution in [1.82, 2.24) is 9.97 Å². The lowest BCUT2D eigenvalue weighted by molar-refractivity contribution is -0.120. The SMILES string of the molecule is O=C(Nc1ccc(-c2nc3ccc(NC(=O)C4CCCCC4)cc3[nH]2)cc1)c1ccc(Cl)cc1Cl. The molecule has 3 N–H and O–H groups in total. The molecule has 0 spiro atoms. The van der Waals surface area contributed by atoms with Gasteiger partial charge in [-0.05, 0) is 73.5 Å². The Morgan fingerprint density at radius 1 is 0.857 bits per heavy atom. The second-order valence-electron chi connectivity index (χ2n) is 8.80. The van der Waals surface area contributed by atoms with Crippen molar-refractivity contribution < 1.29 is 9.59 Å². The van der Waals surface area contributed by atoms with Crippen LogP contribution in [0.25, 0.3) is 22.4 Å². The number of anilines is 2. The predicted octanol–water partition coefficient (Wildman–Crippen LogP) is 7.31. The summed E-state index contributed by atoms with van der Waals surface area (Å²) < 4.78 is 0. The summed E-state index contributed by atoms with van der Waals surface area (Å²) in [6.45, 7) is 0. The van der Waals surface area contributed by atoms with Crippen LogP contribution in [-0.2, 0) is 4.79 Å². The van der Waals surface area contributed by atoms with Crippen LogP contribution in [0.2, 0.25) is 10.0 Å². The van der Waals surface area contributed by atoms with Crippen molar-refractivity contribution in [2.24, 2.45) is 5.92 Å². The molecule has 0 atom stereocenters. The Balaban J connectivity index is 1.28. The van der Waals surface area contributed by atoms with Crippen molar-refractivity contribution in [1.29, 1.82) is 0 Å². The zero-order valence-corrected chi connectivity index (χ0v) is 20.4. The molecule has 0 unspecified atom stereocenters. The monoisotopic (exact) mass is 506 g/mol. The molecular weight excluding hydrogens is 483 g/mol. The van der Waals surface area contributed by atoms with E-state index in [0.29, 0.717) is 27.1 Å². The van der Waals surface area contributed by atoms with Gasteiger partial charge in [-0.3, -0.25) is 9.59 Å². The summed E-state index contributed by atoms with van der Waals surface area (Å²) in [5, 5.41) is 6.66. The van der Waals surface area contributed by atoms with E-state index in [1.807, 2.05) is 30.3 Å². The Bertz CT molecular complexity index is 1390. The molecule has 8 heteroatoms. The molecule has 4 aromatic rings. The molecule has 6 nitrogen and oxygen atoms in total. The Kier molecular flexibility index (Phi) is 6.75. The highest BCUT2D eigenvalue weighted by atomic mass is 35.5. The number of carbonyl (C=O) groups is 2. The molecule has 1 aromatic heterocycles. The topological polar surface area (TPSA) is 86.9 Å². The molecule has 1 aliphatic rings. The molecule has 178 valence electrons. The number of nitrogens with zero attached hydrogens (tertiary/aromatic N) is 1. The normalized spacial score (nSPS) is 14.1. The number of H-pyrrole nitrogens is 1. The zero-order valence-electron chi connectivity index (χ0n) is 18.9. The number of benzene rings is 3. The lowest BCUT2D eigenvalue weighted by atomic mass is 9.88. The van der Waals surface area contributed by atoms with E-state index in [4.69, 9.17) is 23.2 Å². The van der Waals surface area contributed by atoms with Crippen LogP contribution < -0.4 is 10.6 Å². The average Bonchev–Trinajstić information content (AvgIpc) is 3.28. The van der Waals surface area contributed by atoms with Crippen LogP contribution in [0.3, 0.4) is 0 Å². The van der Waals surface area contributed by atoms with E-state index in [0.717, 1.165) is 48.0 Å². The number of aromatic nitrogens is 2. The highest BCUT2D eigenvalue weighted by Gasteiger charge is 2.21. The quantitative estimate of drug-likeness (QED) is 0.265. The van der Waals surface area contributed by atoms with E-state index in [2.05, 4.69) is 20.6 Å².